The van der Waals surface area contributed by atoms with Crippen LogP contribution in [0.2, 0.25) is 0 Å². The predicted molar refractivity (Wildman–Crippen MR) is 85.1 cm³/mol. The molecule has 0 N–H and O–H groups in total. The molecule has 0 bridgehead atoms. The molecule has 1 aromatic rings. The molecule has 2 saturated heterocycles. The highest BCUT2D eigenvalue weighted by Crippen LogP contribution is 2.30. The van der Waals surface area contributed by atoms with Crippen molar-refractivity contribution < 1.29 is 9.59 Å². The van der Waals surface area contributed by atoms with Crippen LogP contribution in [0.3, 0.4) is 0 Å². The maximum absolute atomic E-state index is 12.7. The zero-order valence-electron chi connectivity index (χ0n) is 12.1. The van der Waals surface area contributed by atoms with Gasteiger partial charge in [0.1, 0.15) is 0 Å². The van der Waals surface area contributed by atoms with Gasteiger partial charge in [0.25, 0.3) is 5.91 Å². The first-order valence-electron chi connectivity index (χ1n) is 7.46. The first kappa shape index (κ1) is 14.7. The van der Waals surface area contributed by atoms with Gasteiger partial charge >= 0.3 is 0 Å². The van der Waals surface area contributed by atoms with E-state index >= 15 is 0 Å². The number of carbonyl (C=O) groups excluding carboxylic acids is 2. The largest absolute Gasteiger partial charge is 0.289 e. The van der Waals surface area contributed by atoms with Gasteiger partial charge in [-0.25, -0.2) is 4.90 Å². The molecule has 2 aliphatic heterocycles. The summed E-state index contributed by atoms with van der Waals surface area (Å²) in [4.78, 5) is 28.6. The van der Waals surface area contributed by atoms with Crippen molar-refractivity contribution in [1.29, 1.82) is 0 Å². The summed E-state index contributed by atoms with van der Waals surface area (Å²) in [5.41, 5.74) is 0.667. The monoisotopic (exact) mass is 350 g/mol. The lowest BCUT2D eigenvalue weighted by atomic mass is 10.0. The Hall–Kier alpha value is -1.20. The Morgan fingerprint density at radius 2 is 1.86 bits per heavy atom. The number of amides is 2. The highest BCUT2D eigenvalue weighted by atomic mass is 79.9. The summed E-state index contributed by atoms with van der Waals surface area (Å²) >= 11 is 3.37. The van der Waals surface area contributed by atoms with Crippen molar-refractivity contribution in [3.05, 3.63) is 28.7 Å². The number of likely N-dealkylation sites (tertiary alicyclic amines) is 1. The Balaban J connectivity index is 1.83. The molecule has 1 aromatic carbocycles. The van der Waals surface area contributed by atoms with Crippen molar-refractivity contribution in [2.24, 2.45) is 0 Å². The Morgan fingerprint density at radius 1 is 1.14 bits per heavy atom. The number of nitrogens with zero attached hydrogens (tertiary/aromatic N) is 2. The van der Waals surface area contributed by atoms with E-state index in [1.807, 2.05) is 24.3 Å². The van der Waals surface area contributed by atoms with E-state index in [0.717, 1.165) is 23.9 Å². The predicted octanol–water partition coefficient (Wildman–Crippen LogP) is 2.96. The zero-order valence-corrected chi connectivity index (χ0v) is 13.7. The van der Waals surface area contributed by atoms with Crippen LogP contribution in [-0.2, 0) is 9.59 Å². The minimum Gasteiger partial charge on any atom is -0.289 e. The minimum absolute atomic E-state index is 0.0731. The van der Waals surface area contributed by atoms with Crippen LogP contribution in [0.15, 0.2) is 28.7 Å². The van der Waals surface area contributed by atoms with E-state index < -0.39 is 0 Å². The second kappa shape index (κ2) is 5.89. The van der Waals surface area contributed by atoms with Gasteiger partial charge in [-0.05, 0) is 50.6 Å². The summed E-state index contributed by atoms with van der Waals surface area (Å²) < 4.78 is 0.937. The van der Waals surface area contributed by atoms with E-state index in [4.69, 9.17) is 0 Å². The molecule has 21 heavy (non-hydrogen) atoms. The van der Waals surface area contributed by atoms with Gasteiger partial charge < -0.3 is 0 Å². The Morgan fingerprint density at radius 3 is 2.52 bits per heavy atom. The van der Waals surface area contributed by atoms with E-state index in [1.165, 1.54) is 11.3 Å². The smallest absolute Gasteiger partial charge is 0.251 e. The number of anilines is 1. The molecule has 0 saturated carbocycles. The summed E-state index contributed by atoms with van der Waals surface area (Å²) in [6.45, 7) is 3.07. The molecule has 0 radical (unpaired) electrons. The van der Waals surface area contributed by atoms with E-state index in [-0.39, 0.29) is 17.9 Å². The number of benzene rings is 1. The molecule has 0 aliphatic carbocycles. The summed E-state index contributed by atoms with van der Waals surface area (Å²) in [6, 6.07) is 7.42. The SMILES string of the molecule is CC1CCCCN1C1CC(=O)N(c2ccc(Br)cc2)C1=O. The van der Waals surface area contributed by atoms with Crippen molar-refractivity contribution in [2.45, 2.75) is 44.7 Å². The van der Waals surface area contributed by atoms with E-state index in [2.05, 4.69) is 27.8 Å². The Kier molecular flexibility index (Phi) is 4.13. The number of hydrogen-bond donors (Lipinski definition) is 0. The molecular formula is C16H19BrN2O2. The first-order valence-corrected chi connectivity index (χ1v) is 8.25. The highest BCUT2D eigenvalue weighted by Gasteiger charge is 2.44. The molecule has 5 heteroatoms. The van der Waals surface area contributed by atoms with Crippen molar-refractivity contribution >= 4 is 33.4 Å². The van der Waals surface area contributed by atoms with Crippen LogP contribution in [0.1, 0.15) is 32.6 Å². The number of imide groups is 1. The van der Waals surface area contributed by atoms with E-state index in [1.54, 1.807) is 0 Å². The van der Waals surface area contributed by atoms with Gasteiger partial charge in [-0.3, -0.25) is 14.5 Å². The third kappa shape index (κ3) is 2.77. The van der Waals surface area contributed by atoms with Crippen molar-refractivity contribution in [3.8, 4) is 0 Å². The number of hydrogen-bond acceptors (Lipinski definition) is 3. The standard InChI is InChI=1S/C16H19BrN2O2/c1-11-4-2-3-9-18(11)14-10-15(20)19(16(14)21)13-7-5-12(17)6-8-13/h5-8,11,14H,2-4,9-10H2,1H3. The second-order valence-corrected chi connectivity index (χ2v) is 6.76. The van der Waals surface area contributed by atoms with Crippen LogP contribution >= 0.6 is 15.9 Å². The van der Waals surface area contributed by atoms with Crippen molar-refractivity contribution in [3.63, 3.8) is 0 Å². The van der Waals surface area contributed by atoms with Gasteiger partial charge in [-0.1, -0.05) is 22.4 Å². The summed E-state index contributed by atoms with van der Waals surface area (Å²) in [5.74, 6) is -0.166. The molecule has 2 unspecified atom stereocenters. The summed E-state index contributed by atoms with van der Waals surface area (Å²) in [7, 11) is 0. The van der Waals surface area contributed by atoms with E-state index in [9.17, 15) is 9.59 Å². The van der Waals surface area contributed by atoms with Gasteiger partial charge in [-0.2, -0.15) is 0 Å². The van der Waals surface area contributed by atoms with Crippen molar-refractivity contribution in [2.75, 3.05) is 11.4 Å². The maximum atomic E-state index is 12.7. The first-order chi connectivity index (χ1) is 10.1. The molecule has 2 aliphatic rings. The average molecular weight is 351 g/mol. The lowest BCUT2D eigenvalue weighted by molar-refractivity contribution is -0.123. The van der Waals surface area contributed by atoms with Gasteiger partial charge in [0.05, 0.1) is 18.2 Å². The lowest BCUT2D eigenvalue weighted by Gasteiger charge is -2.36. The molecular weight excluding hydrogens is 332 g/mol. The average Bonchev–Trinajstić information content (AvgIpc) is 2.76. The van der Waals surface area contributed by atoms with Gasteiger partial charge in [-0.15, -0.1) is 0 Å². The quantitative estimate of drug-likeness (QED) is 0.770. The zero-order chi connectivity index (χ0) is 15.0. The molecule has 2 amide bonds. The number of rotatable bonds is 2. The van der Waals surface area contributed by atoms with Crippen molar-refractivity contribution in [1.82, 2.24) is 4.90 Å². The van der Waals surface area contributed by atoms with Crippen LogP contribution < -0.4 is 4.90 Å². The highest BCUT2D eigenvalue weighted by molar-refractivity contribution is 9.10. The Labute approximate surface area is 133 Å². The van der Waals surface area contributed by atoms with Gasteiger partial charge in [0.15, 0.2) is 0 Å². The van der Waals surface area contributed by atoms with Crippen LogP contribution in [0.5, 0.6) is 0 Å². The molecule has 3 rings (SSSR count). The fraction of sp³-hybridized carbons (Fsp3) is 0.500. The molecule has 112 valence electrons. The molecule has 0 aromatic heterocycles. The fourth-order valence-electron chi connectivity index (χ4n) is 3.32. The van der Waals surface area contributed by atoms with Crippen LogP contribution in [0.25, 0.3) is 0 Å². The number of halogens is 1. The van der Waals surface area contributed by atoms with Crippen LogP contribution in [0, 0.1) is 0 Å². The Bertz CT molecular complexity index is 558. The van der Waals surface area contributed by atoms with Gasteiger partial charge in [0, 0.05) is 10.5 Å². The van der Waals surface area contributed by atoms with E-state index in [0.29, 0.717) is 18.2 Å². The fourth-order valence-corrected chi connectivity index (χ4v) is 3.58. The lowest BCUT2D eigenvalue weighted by Crippen LogP contribution is -2.48. The molecule has 2 heterocycles. The second-order valence-electron chi connectivity index (χ2n) is 5.85. The van der Waals surface area contributed by atoms with Gasteiger partial charge in [0.2, 0.25) is 5.91 Å². The summed E-state index contributed by atoms with van der Waals surface area (Å²) in [5, 5.41) is 0. The minimum atomic E-state index is -0.281. The maximum Gasteiger partial charge on any atom is 0.251 e. The third-order valence-corrected chi connectivity index (χ3v) is 4.99. The molecule has 0 spiro atoms. The van der Waals surface area contributed by atoms with Crippen LogP contribution in [0.4, 0.5) is 5.69 Å². The normalized spacial score (nSPS) is 27.4. The number of piperidine rings is 1. The molecule has 2 fully saturated rings. The number of carbonyl (C=O) groups is 2. The summed E-state index contributed by atoms with van der Waals surface area (Å²) in [6.07, 6.45) is 3.74. The molecule has 2 atom stereocenters. The topological polar surface area (TPSA) is 40.6 Å². The molecule has 4 nitrogen and oxygen atoms in total. The third-order valence-electron chi connectivity index (χ3n) is 4.46. The van der Waals surface area contributed by atoms with Crippen LogP contribution in [-0.4, -0.2) is 35.3 Å².